The summed E-state index contributed by atoms with van der Waals surface area (Å²) in [6.45, 7) is 0. The first-order valence-corrected chi connectivity index (χ1v) is 7.80. The molecule has 0 unspecified atom stereocenters. The van der Waals surface area contributed by atoms with Crippen LogP contribution in [0.4, 0.5) is 5.82 Å². The molecule has 0 spiro atoms. The quantitative estimate of drug-likeness (QED) is 0.933. The molecule has 1 aromatic heterocycles. The van der Waals surface area contributed by atoms with Crippen LogP contribution in [0.1, 0.15) is 25.7 Å². The standard InChI is InChI=1S/C16H20ClN3O2/c1-20-15(18)9-13(19-20)12-7-10(17)8-14(21-2)16(12)22-11-5-3-4-6-11/h7-9,11H,3-6,18H2,1-2H3. The zero-order chi connectivity index (χ0) is 15.7. The predicted octanol–water partition coefficient (Wildman–Crippen LogP) is 3.65. The number of hydrogen-bond acceptors (Lipinski definition) is 4. The van der Waals surface area contributed by atoms with E-state index in [9.17, 15) is 0 Å². The van der Waals surface area contributed by atoms with Crippen molar-refractivity contribution >= 4 is 17.4 Å². The van der Waals surface area contributed by atoms with Crippen LogP contribution in [0, 0.1) is 0 Å². The van der Waals surface area contributed by atoms with E-state index < -0.39 is 0 Å². The molecule has 0 bridgehead atoms. The minimum absolute atomic E-state index is 0.217. The molecule has 2 N–H and O–H groups in total. The Morgan fingerprint density at radius 1 is 1.27 bits per heavy atom. The van der Waals surface area contributed by atoms with Gasteiger partial charge in [0.2, 0.25) is 0 Å². The third-order valence-electron chi connectivity index (χ3n) is 4.02. The number of aromatic nitrogens is 2. The van der Waals surface area contributed by atoms with Gasteiger partial charge in [0.05, 0.1) is 18.9 Å². The van der Waals surface area contributed by atoms with Crippen LogP contribution in [-0.4, -0.2) is 23.0 Å². The maximum absolute atomic E-state index is 6.21. The lowest BCUT2D eigenvalue weighted by Gasteiger charge is -2.19. The highest BCUT2D eigenvalue weighted by atomic mass is 35.5. The van der Waals surface area contributed by atoms with Gasteiger partial charge < -0.3 is 15.2 Å². The molecule has 1 fully saturated rings. The molecule has 0 aliphatic heterocycles. The summed E-state index contributed by atoms with van der Waals surface area (Å²) >= 11 is 6.21. The fourth-order valence-electron chi connectivity index (χ4n) is 2.82. The van der Waals surface area contributed by atoms with Gasteiger partial charge in [-0.25, -0.2) is 0 Å². The van der Waals surface area contributed by atoms with Crippen molar-refractivity contribution in [2.45, 2.75) is 31.8 Å². The molecule has 3 rings (SSSR count). The van der Waals surface area contributed by atoms with Crippen LogP contribution in [0.25, 0.3) is 11.3 Å². The number of benzene rings is 1. The van der Waals surface area contributed by atoms with E-state index in [2.05, 4.69) is 5.10 Å². The van der Waals surface area contributed by atoms with Crippen molar-refractivity contribution in [3.05, 3.63) is 23.2 Å². The number of nitrogen functional groups attached to an aromatic ring is 1. The van der Waals surface area contributed by atoms with E-state index in [1.165, 1.54) is 12.8 Å². The van der Waals surface area contributed by atoms with E-state index in [0.29, 0.717) is 22.3 Å². The fraction of sp³-hybridized carbons (Fsp3) is 0.438. The highest BCUT2D eigenvalue weighted by molar-refractivity contribution is 6.31. The van der Waals surface area contributed by atoms with Gasteiger partial charge in [-0.15, -0.1) is 0 Å². The first-order chi connectivity index (χ1) is 10.6. The van der Waals surface area contributed by atoms with Crippen LogP contribution in [-0.2, 0) is 7.05 Å². The van der Waals surface area contributed by atoms with Gasteiger partial charge in [-0.1, -0.05) is 11.6 Å². The fourth-order valence-corrected chi connectivity index (χ4v) is 3.03. The molecule has 2 aromatic rings. The van der Waals surface area contributed by atoms with Crippen LogP contribution >= 0.6 is 11.6 Å². The molecular formula is C16H20ClN3O2. The molecule has 22 heavy (non-hydrogen) atoms. The van der Waals surface area contributed by atoms with Crippen molar-refractivity contribution < 1.29 is 9.47 Å². The Morgan fingerprint density at radius 2 is 2.00 bits per heavy atom. The second-order valence-corrected chi connectivity index (χ2v) is 6.02. The highest BCUT2D eigenvalue weighted by Gasteiger charge is 2.23. The van der Waals surface area contributed by atoms with Gasteiger partial charge in [0.25, 0.3) is 0 Å². The number of aryl methyl sites for hydroxylation is 1. The molecule has 1 saturated carbocycles. The Hall–Kier alpha value is -1.88. The Labute approximate surface area is 135 Å². The smallest absolute Gasteiger partial charge is 0.171 e. The van der Waals surface area contributed by atoms with Crippen LogP contribution in [0.2, 0.25) is 5.02 Å². The van der Waals surface area contributed by atoms with E-state index in [-0.39, 0.29) is 6.10 Å². The number of methoxy groups -OCH3 is 1. The second-order valence-electron chi connectivity index (χ2n) is 5.59. The van der Waals surface area contributed by atoms with Crippen LogP contribution < -0.4 is 15.2 Å². The number of anilines is 1. The zero-order valence-electron chi connectivity index (χ0n) is 12.8. The molecule has 0 saturated heterocycles. The van der Waals surface area contributed by atoms with Crippen LogP contribution in [0.5, 0.6) is 11.5 Å². The first kappa shape index (κ1) is 15.0. The lowest BCUT2D eigenvalue weighted by Crippen LogP contribution is -2.12. The summed E-state index contributed by atoms with van der Waals surface area (Å²) in [5.74, 6) is 1.90. The van der Waals surface area contributed by atoms with E-state index in [4.69, 9.17) is 26.8 Å². The van der Waals surface area contributed by atoms with Gasteiger partial charge in [0.1, 0.15) is 5.82 Å². The highest BCUT2D eigenvalue weighted by Crippen LogP contribution is 2.42. The number of ether oxygens (including phenoxy) is 2. The molecule has 118 valence electrons. The third-order valence-corrected chi connectivity index (χ3v) is 4.24. The van der Waals surface area contributed by atoms with Crippen LogP contribution in [0.15, 0.2) is 18.2 Å². The minimum Gasteiger partial charge on any atom is -0.493 e. The van der Waals surface area contributed by atoms with Crippen molar-refractivity contribution in [2.75, 3.05) is 12.8 Å². The maximum atomic E-state index is 6.21. The topological polar surface area (TPSA) is 62.3 Å². The summed E-state index contributed by atoms with van der Waals surface area (Å²) in [7, 11) is 3.42. The summed E-state index contributed by atoms with van der Waals surface area (Å²) in [4.78, 5) is 0. The molecule has 0 amide bonds. The number of rotatable bonds is 4. The van der Waals surface area contributed by atoms with Gasteiger partial charge in [-0.05, 0) is 31.7 Å². The van der Waals surface area contributed by atoms with E-state index in [1.807, 2.05) is 12.1 Å². The molecular weight excluding hydrogens is 302 g/mol. The lowest BCUT2D eigenvalue weighted by atomic mass is 10.1. The molecule has 5 nitrogen and oxygen atoms in total. The summed E-state index contributed by atoms with van der Waals surface area (Å²) in [5, 5.41) is 5.01. The largest absolute Gasteiger partial charge is 0.493 e. The van der Waals surface area contributed by atoms with Gasteiger partial charge >= 0.3 is 0 Å². The number of nitrogens with two attached hydrogens (primary N) is 1. The Morgan fingerprint density at radius 3 is 2.59 bits per heavy atom. The normalized spacial score (nSPS) is 15.2. The molecule has 1 aromatic carbocycles. The number of hydrogen-bond donors (Lipinski definition) is 1. The molecule has 1 heterocycles. The molecule has 0 atom stereocenters. The Kier molecular flexibility index (Phi) is 4.16. The minimum atomic E-state index is 0.217. The summed E-state index contributed by atoms with van der Waals surface area (Å²) in [6, 6.07) is 5.42. The number of nitrogens with zero attached hydrogens (tertiary/aromatic N) is 2. The van der Waals surface area contributed by atoms with E-state index >= 15 is 0 Å². The zero-order valence-corrected chi connectivity index (χ0v) is 13.6. The Bertz CT molecular complexity index is 659. The van der Waals surface area contributed by atoms with Gasteiger partial charge in [0.15, 0.2) is 11.5 Å². The van der Waals surface area contributed by atoms with Crippen molar-refractivity contribution in [3.8, 4) is 22.8 Å². The molecule has 0 radical (unpaired) electrons. The summed E-state index contributed by atoms with van der Waals surface area (Å²) in [6.07, 6.45) is 4.75. The molecule has 1 aliphatic rings. The van der Waals surface area contributed by atoms with E-state index in [1.54, 1.807) is 24.9 Å². The van der Waals surface area contributed by atoms with Crippen molar-refractivity contribution in [1.29, 1.82) is 0 Å². The first-order valence-electron chi connectivity index (χ1n) is 7.42. The molecule has 1 aliphatic carbocycles. The average Bonchev–Trinajstić information content (AvgIpc) is 3.11. The SMILES string of the molecule is COc1cc(Cl)cc(-c2cc(N)n(C)n2)c1OC1CCCC1. The third kappa shape index (κ3) is 2.86. The van der Waals surface area contributed by atoms with Gasteiger partial charge in [-0.3, -0.25) is 4.68 Å². The molecule has 6 heteroatoms. The van der Waals surface area contributed by atoms with E-state index in [0.717, 1.165) is 24.1 Å². The summed E-state index contributed by atoms with van der Waals surface area (Å²) in [5.41, 5.74) is 7.43. The maximum Gasteiger partial charge on any atom is 0.171 e. The van der Waals surface area contributed by atoms with Gasteiger partial charge in [-0.2, -0.15) is 5.10 Å². The second kappa shape index (κ2) is 6.08. The van der Waals surface area contributed by atoms with Crippen molar-refractivity contribution in [3.63, 3.8) is 0 Å². The average molecular weight is 322 g/mol. The lowest BCUT2D eigenvalue weighted by molar-refractivity contribution is 0.202. The van der Waals surface area contributed by atoms with Gasteiger partial charge in [0, 0.05) is 29.8 Å². The monoisotopic (exact) mass is 321 g/mol. The van der Waals surface area contributed by atoms with Crippen molar-refractivity contribution in [2.24, 2.45) is 7.05 Å². The number of halogens is 1. The Balaban J connectivity index is 2.07. The van der Waals surface area contributed by atoms with Crippen LogP contribution in [0.3, 0.4) is 0 Å². The van der Waals surface area contributed by atoms with Crippen molar-refractivity contribution in [1.82, 2.24) is 9.78 Å². The predicted molar refractivity (Wildman–Crippen MR) is 87.5 cm³/mol. The summed E-state index contributed by atoms with van der Waals surface area (Å²) < 4.78 is 13.3.